The highest BCUT2D eigenvalue weighted by Crippen LogP contribution is 2.16. The van der Waals surface area contributed by atoms with Gasteiger partial charge in [0.15, 0.2) is 0 Å². The summed E-state index contributed by atoms with van der Waals surface area (Å²) < 4.78 is 6.84. The molecule has 136 valence electrons. The molecule has 3 aromatic rings. The van der Waals surface area contributed by atoms with Gasteiger partial charge >= 0.3 is 0 Å². The molecule has 0 aromatic heterocycles. The highest BCUT2D eigenvalue weighted by Gasteiger charge is 2.07. The molecule has 0 saturated heterocycles. The first-order valence-electron chi connectivity index (χ1n) is 8.27. The summed E-state index contributed by atoms with van der Waals surface area (Å²) in [5.41, 5.74) is 10.9. The van der Waals surface area contributed by atoms with Crippen LogP contribution in [0.4, 0.5) is 5.69 Å². The van der Waals surface area contributed by atoms with Gasteiger partial charge in [0, 0.05) is 10.2 Å². The number of amides is 1. The number of anilines is 1. The van der Waals surface area contributed by atoms with Gasteiger partial charge < -0.3 is 10.5 Å². The van der Waals surface area contributed by atoms with Crippen molar-refractivity contribution in [3.63, 3.8) is 0 Å². The Balaban J connectivity index is 1.58. The third kappa shape index (κ3) is 5.43. The second-order valence-corrected chi connectivity index (χ2v) is 6.69. The van der Waals surface area contributed by atoms with Crippen LogP contribution < -0.4 is 15.9 Å². The lowest BCUT2D eigenvalue weighted by atomic mass is 10.2. The molecule has 0 saturated carbocycles. The van der Waals surface area contributed by atoms with Crippen molar-refractivity contribution < 1.29 is 9.53 Å². The predicted molar refractivity (Wildman–Crippen MR) is 111 cm³/mol. The van der Waals surface area contributed by atoms with Gasteiger partial charge in [-0.15, -0.1) is 0 Å². The minimum absolute atomic E-state index is 0.355. The maximum Gasteiger partial charge on any atom is 0.273 e. The largest absolute Gasteiger partial charge is 0.489 e. The van der Waals surface area contributed by atoms with Crippen molar-refractivity contribution in [2.45, 2.75) is 6.61 Å². The Morgan fingerprint density at radius 3 is 2.63 bits per heavy atom. The number of ether oxygens (including phenoxy) is 1. The topological polar surface area (TPSA) is 76.7 Å². The van der Waals surface area contributed by atoms with Crippen molar-refractivity contribution in [2.75, 3.05) is 5.73 Å². The van der Waals surface area contributed by atoms with Gasteiger partial charge in [0.1, 0.15) is 12.4 Å². The van der Waals surface area contributed by atoms with E-state index in [-0.39, 0.29) is 5.91 Å². The molecule has 0 spiro atoms. The lowest BCUT2D eigenvalue weighted by Crippen LogP contribution is -2.18. The Hall–Kier alpha value is -3.12. The van der Waals surface area contributed by atoms with Crippen molar-refractivity contribution in [1.29, 1.82) is 0 Å². The summed E-state index contributed by atoms with van der Waals surface area (Å²) in [6.45, 7) is 0.470. The van der Waals surface area contributed by atoms with E-state index in [2.05, 4.69) is 26.5 Å². The van der Waals surface area contributed by atoms with E-state index in [1.807, 2.05) is 48.5 Å². The number of benzene rings is 3. The van der Waals surface area contributed by atoms with Crippen LogP contribution in [-0.4, -0.2) is 12.1 Å². The summed E-state index contributed by atoms with van der Waals surface area (Å²) in [5.74, 6) is 0.368. The summed E-state index contributed by atoms with van der Waals surface area (Å²) in [5, 5.41) is 3.99. The van der Waals surface area contributed by atoms with E-state index in [4.69, 9.17) is 10.5 Å². The molecule has 0 fully saturated rings. The molecule has 0 bridgehead atoms. The van der Waals surface area contributed by atoms with Gasteiger partial charge in [0.05, 0.1) is 11.8 Å². The van der Waals surface area contributed by atoms with E-state index >= 15 is 0 Å². The molecule has 0 heterocycles. The highest BCUT2D eigenvalue weighted by molar-refractivity contribution is 9.10. The Morgan fingerprint density at radius 1 is 1.07 bits per heavy atom. The minimum Gasteiger partial charge on any atom is -0.489 e. The van der Waals surface area contributed by atoms with Crippen LogP contribution in [0.25, 0.3) is 0 Å². The zero-order valence-corrected chi connectivity index (χ0v) is 16.0. The molecule has 27 heavy (non-hydrogen) atoms. The van der Waals surface area contributed by atoms with Crippen molar-refractivity contribution in [3.8, 4) is 5.75 Å². The Morgan fingerprint density at radius 2 is 1.85 bits per heavy atom. The van der Waals surface area contributed by atoms with Crippen LogP contribution >= 0.6 is 15.9 Å². The van der Waals surface area contributed by atoms with E-state index < -0.39 is 0 Å². The number of halogens is 1. The third-order valence-electron chi connectivity index (χ3n) is 3.76. The molecule has 0 aliphatic carbocycles. The first-order chi connectivity index (χ1) is 13.1. The molecule has 1 amide bonds. The maximum atomic E-state index is 12.1. The number of hydrazone groups is 1. The van der Waals surface area contributed by atoms with Gasteiger partial charge in [0.2, 0.25) is 0 Å². The summed E-state index contributed by atoms with van der Waals surface area (Å²) in [4.78, 5) is 12.1. The molecule has 0 radical (unpaired) electrons. The molecule has 0 atom stereocenters. The van der Waals surface area contributed by atoms with Crippen molar-refractivity contribution >= 4 is 33.7 Å². The molecule has 0 unspecified atom stereocenters. The van der Waals surface area contributed by atoms with Crippen LogP contribution in [0.15, 0.2) is 82.4 Å². The zero-order valence-electron chi connectivity index (χ0n) is 14.4. The van der Waals surface area contributed by atoms with Gasteiger partial charge in [-0.1, -0.05) is 52.3 Å². The van der Waals surface area contributed by atoms with Crippen LogP contribution in [0.5, 0.6) is 5.75 Å². The SMILES string of the molecule is Nc1ccccc1C(=O)N/N=C\c1cccc(OCc2ccc(Br)cc2)c1. The molecule has 0 aliphatic heterocycles. The lowest BCUT2D eigenvalue weighted by molar-refractivity contribution is 0.0956. The number of carbonyl (C=O) groups excluding carboxylic acids is 1. The number of carbonyl (C=O) groups is 1. The van der Waals surface area contributed by atoms with Crippen LogP contribution in [0.2, 0.25) is 0 Å². The second-order valence-electron chi connectivity index (χ2n) is 5.77. The number of para-hydroxylation sites is 1. The Bertz CT molecular complexity index is 956. The van der Waals surface area contributed by atoms with Crippen LogP contribution in [0.3, 0.4) is 0 Å². The van der Waals surface area contributed by atoms with Crippen LogP contribution in [0, 0.1) is 0 Å². The quantitative estimate of drug-likeness (QED) is 0.351. The first-order valence-corrected chi connectivity index (χ1v) is 9.06. The number of hydrogen-bond donors (Lipinski definition) is 2. The normalized spacial score (nSPS) is 10.7. The fraction of sp³-hybridized carbons (Fsp3) is 0.0476. The molecular weight excluding hydrogens is 406 g/mol. The van der Waals surface area contributed by atoms with Crippen LogP contribution in [0.1, 0.15) is 21.5 Å². The van der Waals surface area contributed by atoms with E-state index in [9.17, 15) is 4.79 Å². The number of nitrogens with one attached hydrogen (secondary N) is 1. The van der Waals surface area contributed by atoms with Gasteiger partial charge in [-0.2, -0.15) is 5.10 Å². The maximum absolute atomic E-state index is 12.1. The van der Waals surface area contributed by atoms with E-state index in [1.54, 1.807) is 30.5 Å². The number of nitrogens with zero attached hydrogens (tertiary/aromatic N) is 1. The van der Waals surface area contributed by atoms with Crippen molar-refractivity contribution in [3.05, 3.63) is 94.0 Å². The second kappa shape index (κ2) is 9.00. The highest BCUT2D eigenvalue weighted by atomic mass is 79.9. The molecule has 5 nitrogen and oxygen atoms in total. The van der Waals surface area contributed by atoms with Gasteiger partial charge in [-0.25, -0.2) is 5.43 Å². The average molecular weight is 424 g/mol. The molecule has 6 heteroatoms. The fourth-order valence-electron chi connectivity index (χ4n) is 2.36. The molecule has 3 aromatic carbocycles. The summed E-state index contributed by atoms with van der Waals surface area (Å²) >= 11 is 3.41. The molecule has 3 N–H and O–H groups in total. The average Bonchev–Trinajstić information content (AvgIpc) is 2.68. The monoisotopic (exact) mass is 423 g/mol. The first kappa shape index (κ1) is 18.7. The fourth-order valence-corrected chi connectivity index (χ4v) is 2.63. The Labute approximate surface area is 166 Å². The van der Waals surface area contributed by atoms with E-state index in [1.165, 1.54) is 0 Å². The summed E-state index contributed by atoms with van der Waals surface area (Å²) in [6, 6.07) is 22.3. The molecule has 0 aliphatic rings. The minimum atomic E-state index is -0.355. The summed E-state index contributed by atoms with van der Waals surface area (Å²) in [6.07, 6.45) is 1.56. The zero-order chi connectivity index (χ0) is 19.1. The van der Waals surface area contributed by atoms with Crippen LogP contribution in [-0.2, 0) is 6.61 Å². The molecular formula is C21H18BrN3O2. The van der Waals surface area contributed by atoms with Crippen molar-refractivity contribution in [1.82, 2.24) is 5.43 Å². The van der Waals surface area contributed by atoms with Gasteiger partial charge in [-0.05, 0) is 47.5 Å². The number of rotatable bonds is 6. The smallest absolute Gasteiger partial charge is 0.273 e. The van der Waals surface area contributed by atoms with E-state index in [0.717, 1.165) is 21.3 Å². The summed E-state index contributed by atoms with van der Waals surface area (Å²) in [7, 11) is 0. The third-order valence-corrected chi connectivity index (χ3v) is 4.29. The lowest BCUT2D eigenvalue weighted by Gasteiger charge is -2.07. The standard InChI is InChI=1S/C21H18BrN3O2/c22-17-10-8-15(9-11-17)14-27-18-5-3-4-16(12-18)13-24-25-21(26)19-6-1-2-7-20(19)23/h1-13H,14,23H2,(H,25,26)/b24-13-. The molecule has 3 rings (SSSR count). The number of nitrogens with two attached hydrogens (primary N) is 1. The van der Waals surface area contributed by atoms with E-state index in [0.29, 0.717) is 17.9 Å². The number of hydrogen-bond acceptors (Lipinski definition) is 4. The van der Waals surface area contributed by atoms with Gasteiger partial charge in [0.25, 0.3) is 5.91 Å². The van der Waals surface area contributed by atoms with Gasteiger partial charge in [-0.3, -0.25) is 4.79 Å². The number of nitrogen functional groups attached to an aromatic ring is 1. The predicted octanol–water partition coefficient (Wildman–Crippen LogP) is 4.37. The van der Waals surface area contributed by atoms with Crippen molar-refractivity contribution in [2.24, 2.45) is 5.10 Å². The Kier molecular flexibility index (Phi) is 6.22.